The van der Waals surface area contributed by atoms with Gasteiger partial charge in [-0.05, 0) is 27.9 Å². The lowest BCUT2D eigenvalue weighted by atomic mass is 10.1. The van der Waals surface area contributed by atoms with Gasteiger partial charge in [0.25, 0.3) is 0 Å². The van der Waals surface area contributed by atoms with Crippen LogP contribution in [0.15, 0.2) is 11.2 Å². The van der Waals surface area contributed by atoms with Crippen molar-refractivity contribution in [1.82, 2.24) is 9.88 Å². The molecular formula is C10H15N3OS. The smallest absolute Gasteiger partial charge is 0.235 e. The fraction of sp³-hybridized carbons (Fsp3) is 0.600. The average molecular weight is 225 g/mol. The van der Waals surface area contributed by atoms with E-state index in [2.05, 4.69) is 14.9 Å². The van der Waals surface area contributed by atoms with Gasteiger partial charge >= 0.3 is 0 Å². The molecule has 0 unspecified atom stereocenters. The van der Waals surface area contributed by atoms with E-state index in [4.69, 9.17) is 0 Å². The number of aliphatic imine (C=N–C) groups is 1. The molecule has 82 valence electrons. The first-order chi connectivity index (χ1) is 6.95. The van der Waals surface area contributed by atoms with Crippen molar-refractivity contribution in [3.05, 3.63) is 16.1 Å². The van der Waals surface area contributed by atoms with Crippen molar-refractivity contribution >= 4 is 17.4 Å². The van der Waals surface area contributed by atoms with E-state index in [-0.39, 0.29) is 0 Å². The van der Waals surface area contributed by atoms with Crippen LogP contribution in [0.25, 0.3) is 0 Å². The van der Waals surface area contributed by atoms with E-state index in [1.807, 2.05) is 34.1 Å². The Hall–Kier alpha value is -1.03. The normalized spacial score (nSPS) is 11.5. The minimum absolute atomic E-state index is 0.559. The molecule has 0 saturated heterocycles. The minimum atomic E-state index is -0.559. The molecule has 0 spiro atoms. The van der Waals surface area contributed by atoms with Gasteiger partial charge in [-0.3, -0.25) is 0 Å². The second-order valence-corrected chi connectivity index (χ2v) is 5.25. The van der Waals surface area contributed by atoms with Crippen LogP contribution in [0, 0.1) is 0 Å². The molecule has 0 aliphatic heterocycles. The molecule has 4 nitrogen and oxygen atoms in total. The Kier molecular flexibility index (Phi) is 3.74. The van der Waals surface area contributed by atoms with Crippen molar-refractivity contribution in [3.63, 3.8) is 0 Å². The van der Waals surface area contributed by atoms with Gasteiger partial charge in [-0.15, -0.1) is 11.3 Å². The maximum absolute atomic E-state index is 10.3. The van der Waals surface area contributed by atoms with E-state index in [1.54, 1.807) is 17.4 Å². The molecular weight excluding hydrogens is 210 g/mol. The molecule has 1 aromatic rings. The Balaban J connectivity index is 2.88. The first-order valence-corrected chi connectivity index (χ1v) is 5.46. The molecule has 0 aliphatic rings. The molecule has 0 N–H and O–H groups in total. The Labute approximate surface area is 93.7 Å². The zero-order chi connectivity index (χ0) is 11.5. The van der Waals surface area contributed by atoms with Crippen molar-refractivity contribution in [2.45, 2.75) is 25.9 Å². The van der Waals surface area contributed by atoms with Crippen molar-refractivity contribution in [3.8, 4) is 0 Å². The Bertz CT molecular complexity index is 378. The van der Waals surface area contributed by atoms with Crippen LogP contribution in [-0.4, -0.2) is 30.1 Å². The standard InChI is InChI=1S/C10H15N3OS/c1-10(2,12-7-14)9-11-5-8(15-9)6-13(3)4/h5H,6H2,1-4H3. The number of rotatable bonds is 4. The monoisotopic (exact) mass is 225 g/mol. The topological polar surface area (TPSA) is 45.6 Å². The molecule has 0 bridgehead atoms. The van der Waals surface area contributed by atoms with Gasteiger partial charge in [0.2, 0.25) is 6.08 Å². The first-order valence-electron chi connectivity index (χ1n) is 4.64. The Morgan fingerprint density at radius 2 is 2.27 bits per heavy atom. The van der Waals surface area contributed by atoms with Gasteiger partial charge in [0.1, 0.15) is 10.5 Å². The molecule has 0 radical (unpaired) electrons. The summed E-state index contributed by atoms with van der Waals surface area (Å²) in [5.74, 6) is 0. The maximum atomic E-state index is 10.3. The molecule has 1 heterocycles. The number of hydrogen-bond donors (Lipinski definition) is 0. The third kappa shape index (κ3) is 3.23. The average Bonchev–Trinajstić information content (AvgIpc) is 2.51. The number of hydrogen-bond acceptors (Lipinski definition) is 5. The maximum Gasteiger partial charge on any atom is 0.235 e. The van der Waals surface area contributed by atoms with Crippen LogP contribution in [0.4, 0.5) is 0 Å². The highest BCUT2D eigenvalue weighted by molar-refractivity contribution is 7.11. The quantitative estimate of drug-likeness (QED) is 0.579. The van der Waals surface area contributed by atoms with E-state index >= 15 is 0 Å². The van der Waals surface area contributed by atoms with E-state index in [0.29, 0.717) is 0 Å². The SMILES string of the molecule is CN(C)Cc1cnc(C(C)(C)N=C=O)s1. The number of nitrogens with zero attached hydrogens (tertiary/aromatic N) is 3. The highest BCUT2D eigenvalue weighted by atomic mass is 32.1. The van der Waals surface area contributed by atoms with Crippen LogP contribution in [0.5, 0.6) is 0 Å². The second-order valence-electron chi connectivity index (χ2n) is 4.13. The number of thiazole rings is 1. The molecule has 5 heteroatoms. The van der Waals surface area contributed by atoms with Crippen LogP contribution in [0.3, 0.4) is 0 Å². The van der Waals surface area contributed by atoms with Crippen LogP contribution in [0.1, 0.15) is 23.7 Å². The second kappa shape index (κ2) is 4.66. The molecule has 1 rings (SSSR count). The molecule has 0 amide bonds. The molecule has 0 atom stereocenters. The van der Waals surface area contributed by atoms with Crippen molar-refractivity contribution in [2.75, 3.05) is 14.1 Å². The number of carbonyl (C=O) groups excluding carboxylic acids is 1. The summed E-state index contributed by atoms with van der Waals surface area (Å²) in [4.78, 5) is 21.5. The summed E-state index contributed by atoms with van der Waals surface area (Å²) in [7, 11) is 4.02. The lowest BCUT2D eigenvalue weighted by molar-refractivity contribution is 0.406. The predicted octanol–water partition coefficient (Wildman–Crippen LogP) is 1.78. The molecule has 0 saturated carbocycles. The van der Waals surface area contributed by atoms with Gasteiger partial charge in [0.05, 0.1) is 0 Å². The zero-order valence-electron chi connectivity index (χ0n) is 9.44. The van der Waals surface area contributed by atoms with E-state index in [1.165, 1.54) is 4.88 Å². The van der Waals surface area contributed by atoms with Crippen molar-refractivity contribution in [2.24, 2.45) is 4.99 Å². The third-order valence-electron chi connectivity index (χ3n) is 1.87. The van der Waals surface area contributed by atoms with Crippen molar-refractivity contribution in [1.29, 1.82) is 0 Å². The Morgan fingerprint density at radius 3 is 2.80 bits per heavy atom. The van der Waals surface area contributed by atoms with Gasteiger partial charge in [-0.2, -0.15) is 4.99 Å². The summed E-state index contributed by atoms with van der Waals surface area (Å²) in [5.41, 5.74) is -0.559. The highest BCUT2D eigenvalue weighted by Crippen LogP contribution is 2.28. The van der Waals surface area contributed by atoms with Gasteiger partial charge in [-0.1, -0.05) is 0 Å². The summed E-state index contributed by atoms with van der Waals surface area (Å²) in [5, 5.41) is 0.850. The van der Waals surface area contributed by atoms with Crippen molar-refractivity contribution < 1.29 is 4.79 Å². The number of isocyanates is 1. The minimum Gasteiger partial charge on any atom is -0.304 e. The van der Waals surface area contributed by atoms with Gasteiger partial charge in [0.15, 0.2) is 0 Å². The summed E-state index contributed by atoms with van der Waals surface area (Å²) in [6, 6.07) is 0. The molecule has 0 fully saturated rings. The van der Waals surface area contributed by atoms with Gasteiger partial charge in [0, 0.05) is 17.6 Å². The van der Waals surface area contributed by atoms with Crippen LogP contribution >= 0.6 is 11.3 Å². The zero-order valence-corrected chi connectivity index (χ0v) is 10.3. The van der Waals surface area contributed by atoms with Crippen LogP contribution in [0.2, 0.25) is 0 Å². The lowest BCUT2D eigenvalue weighted by Gasteiger charge is -2.12. The third-order valence-corrected chi connectivity index (χ3v) is 3.17. The first kappa shape index (κ1) is 12.0. The molecule has 0 aliphatic carbocycles. The fourth-order valence-electron chi connectivity index (χ4n) is 1.14. The molecule has 0 aromatic carbocycles. The van der Waals surface area contributed by atoms with E-state index in [0.717, 1.165) is 11.6 Å². The summed E-state index contributed by atoms with van der Waals surface area (Å²) >= 11 is 1.58. The fourth-order valence-corrected chi connectivity index (χ4v) is 2.21. The van der Waals surface area contributed by atoms with Gasteiger partial charge in [-0.25, -0.2) is 9.78 Å². The molecule has 1 aromatic heterocycles. The Morgan fingerprint density at radius 1 is 1.60 bits per heavy atom. The summed E-state index contributed by atoms with van der Waals surface area (Å²) in [6.07, 6.45) is 3.42. The van der Waals surface area contributed by atoms with E-state index in [9.17, 15) is 4.79 Å². The largest absolute Gasteiger partial charge is 0.304 e. The lowest BCUT2D eigenvalue weighted by Crippen LogP contribution is -2.12. The van der Waals surface area contributed by atoms with Crippen LogP contribution < -0.4 is 0 Å². The van der Waals surface area contributed by atoms with E-state index < -0.39 is 5.54 Å². The van der Waals surface area contributed by atoms with Gasteiger partial charge < -0.3 is 4.90 Å². The summed E-state index contributed by atoms with van der Waals surface area (Å²) in [6.45, 7) is 4.57. The number of aromatic nitrogens is 1. The summed E-state index contributed by atoms with van der Waals surface area (Å²) < 4.78 is 0. The highest BCUT2D eigenvalue weighted by Gasteiger charge is 2.23. The predicted molar refractivity (Wildman–Crippen MR) is 60.7 cm³/mol. The molecule has 15 heavy (non-hydrogen) atoms. The van der Waals surface area contributed by atoms with Crippen LogP contribution in [-0.2, 0) is 16.9 Å².